The molecule has 6 nitrogen and oxygen atoms in total. The normalized spacial score (nSPS) is 21.7. The zero-order valence-electron chi connectivity index (χ0n) is 12.9. The molecule has 1 aromatic carbocycles. The summed E-state index contributed by atoms with van der Waals surface area (Å²) in [6.45, 7) is 1.88. The van der Waals surface area contributed by atoms with Crippen LogP contribution in [-0.2, 0) is 9.53 Å². The van der Waals surface area contributed by atoms with Crippen LogP contribution < -0.4 is 10.1 Å². The van der Waals surface area contributed by atoms with Crippen molar-refractivity contribution < 1.29 is 19.4 Å². The lowest BCUT2D eigenvalue weighted by atomic mass is 10.2. The summed E-state index contributed by atoms with van der Waals surface area (Å²) in [5.74, 6) is 0.728. The molecule has 1 fully saturated rings. The summed E-state index contributed by atoms with van der Waals surface area (Å²) >= 11 is 0. The molecule has 2 N–H and O–H groups in total. The van der Waals surface area contributed by atoms with Gasteiger partial charge in [0.25, 0.3) is 0 Å². The van der Waals surface area contributed by atoms with Gasteiger partial charge >= 0.3 is 0 Å². The molecular formula is C16H24N2O4. The number of likely N-dealkylation sites (tertiary alicyclic amines) is 1. The predicted octanol–water partition coefficient (Wildman–Crippen LogP) is 0.263. The third-order valence-corrected chi connectivity index (χ3v) is 3.82. The van der Waals surface area contributed by atoms with E-state index in [1.165, 1.54) is 0 Å². The smallest absolute Gasteiger partial charge is 0.234 e. The standard InChI is InChI=1S/C16H24N2O4/c1-21-15-9-13(12-19)18(10-15)11-16(20)17-7-8-22-14-5-3-2-4-6-14/h2-6,13,15,19H,7-12H2,1H3,(H,17,20)/t13-,15+/m0/s1. The van der Waals surface area contributed by atoms with E-state index >= 15 is 0 Å². The zero-order valence-corrected chi connectivity index (χ0v) is 12.9. The summed E-state index contributed by atoms with van der Waals surface area (Å²) in [7, 11) is 1.66. The molecule has 1 aliphatic heterocycles. The Balaban J connectivity index is 1.65. The first-order chi connectivity index (χ1) is 10.7. The van der Waals surface area contributed by atoms with Crippen LogP contribution in [0.1, 0.15) is 6.42 Å². The van der Waals surface area contributed by atoms with E-state index in [9.17, 15) is 9.90 Å². The third kappa shape index (κ3) is 4.98. The molecule has 22 heavy (non-hydrogen) atoms. The molecular weight excluding hydrogens is 284 g/mol. The first-order valence-corrected chi connectivity index (χ1v) is 7.55. The van der Waals surface area contributed by atoms with Crippen LogP contribution in [0.4, 0.5) is 0 Å². The number of carbonyl (C=O) groups excluding carboxylic acids is 1. The summed E-state index contributed by atoms with van der Waals surface area (Å²) in [4.78, 5) is 13.9. The molecule has 2 atom stereocenters. The number of hydrogen-bond acceptors (Lipinski definition) is 5. The van der Waals surface area contributed by atoms with Gasteiger partial charge in [-0.15, -0.1) is 0 Å². The number of aliphatic hydroxyl groups excluding tert-OH is 1. The molecule has 2 rings (SSSR count). The monoisotopic (exact) mass is 308 g/mol. The zero-order chi connectivity index (χ0) is 15.8. The van der Waals surface area contributed by atoms with Crippen molar-refractivity contribution in [3.8, 4) is 5.75 Å². The molecule has 0 unspecified atom stereocenters. The van der Waals surface area contributed by atoms with Gasteiger partial charge in [-0.2, -0.15) is 0 Å². The maximum atomic E-state index is 11.9. The number of carbonyl (C=O) groups is 1. The predicted molar refractivity (Wildman–Crippen MR) is 82.8 cm³/mol. The van der Waals surface area contributed by atoms with Gasteiger partial charge in [-0.1, -0.05) is 18.2 Å². The van der Waals surface area contributed by atoms with Crippen LogP contribution in [0.3, 0.4) is 0 Å². The van der Waals surface area contributed by atoms with Crippen molar-refractivity contribution in [1.82, 2.24) is 10.2 Å². The van der Waals surface area contributed by atoms with Crippen molar-refractivity contribution in [3.05, 3.63) is 30.3 Å². The van der Waals surface area contributed by atoms with Gasteiger partial charge in [-0.05, 0) is 18.6 Å². The van der Waals surface area contributed by atoms with Crippen LogP contribution in [0, 0.1) is 0 Å². The van der Waals surface area contributed by atoms with Gasteiger partial charge in [0.15, 0.2) is 0 Å². The third-order valence-electron chi connectivity index (χ3n) is 3.82. The highest BCUT2D eigenvalue weighted by atomic mass is 16.5. The van der Waals surface area contributed by atoms with Gasteiger partial charge in [0, 0.05) is 19.7 Å². The Hall–Kier alpha value is -1.63. The van der Waals surface area contributed by atoms with E-state index in [0.717, 1.165) is 12.2 Å². The molecule has 0 spiro atoms. The van der Waals surface area contributed by atoms with Crippen molar-refractivity contribution in [2.45, 2.75) is 18.6 Å². The van der Waals surface area contributed by atoms with Gasteiger partial charge in [0.1, 0.15) is 12.4 Å². The van der Waals surface area contributed by atoms with Crippen LogP contribution in [0.5, 0.6) is 5.75 Å². The number of nitrogens with one attached hydrogen (secondary N) is 1. The molecule has 0 aromatic heterocycles. The van der Waals surface area contributed by atoms with Gasteiger partial charge in [0.2, 0.25) is 5.91 Å². The maximum Gasteiger partial charge on any atom is 0.234 e. The van der Waals surface area contributed by atoms with E-state index in [4.69, 9.17) is 9.47 Å². The molecule has 6 heteroatoms. The number of aliphatic hydroxyl groups is 1. The molecule has 0 bridgehead atoms. The molecule has 0 aliphatic carbocycles. The Labute approximate surface area is 131 Å². The van der Waals surface area contributed by atoms with E-state index in [0.29, 0.717) is 19.7 Å². The molecule has 1 aromatic rings. The largest absolute Gasteiger partial charge is 0.492 e. The number of para-hydroxylation sites is 1. The molecule has 1 amide bonds. The minimum Gasteiger partial charge on any atom is -0.492 e. The topological polar surface area (TPSA) is 71.0 Å². The highest BCUT2D eigenvalue weighted by Gasteiger charge is 2.32. The van der Waals surface area contributed by atoms with Crippen LogP contribution in [0.2, 0.25) is 0 Å². The fourth-order valence-electron chi connectivity index (χ4n) is 2.61. The summed E-state index contributed by atoms with van der Waals surface area (Å²) < 4.78 is 10.8. The van der Waals surface area contributed by atoms with Gasteiger partial charge in [-0.3, -0.25) is 9.69 Å². The van der Waals surface area contributed by atoms with Crippen molar-refractivity contribution in [2.75, 3.05) is 40.0 Å². The Bertz CT molecular complexity index is 455. The highest BCUT2D eigenvalue weighted by Crippen LogP contribution is 2.18. The first kappa shape index (κ1) is 16.7. The SMILES string of the molecule is CO[C@@H]1C[C@@H](CO)N(CC(=O)NCCOc2ccccc2)C1. The molecule has 1 saturated heterocycles. The van der Waals surface area contributed by atoms with Crippen LogP contribution in [-0.4, -0.2) is 68.0 Å². The number of nitrogens with zero attached hydrogens (tertiary/aromatic N) is 1. The molecule has 1 heterocycles. The second-order valence-electron chi connectivity index (χ2n) is 5.37. The fraction of sp³-hybridized carbons (Fsp3) is 0.562. The van der Waals surface area contributed by atoms with E-state index < -0.39 is 0 Å². The van der Waals surface area contributed by atoms with Gasteiger partial charge in [-0.25, -0.2) is 0 Å². The Kier molecular flexibility index (Phi) is 6.64. The number of hydrogen-bond donors (Lipinski definition) is 2. The van der Waals surface area contributed by atoms with E-state index in [2.05, 4.69) is 5.32 Å². The molecule has 122 valence electrons. The highest BCUT2D eigenvalue weighted by molar-refractivity contribution is 5.78. The Morgan fingerprint density at radius 1 is 1.41 bits per heavy atom. The minimum absolute atomic E-state index is 0.00345. The van der Waals surface area contributed by atoms with E-state index in [1.54, 1.807) is 7.11 Å². The number of amides is 1. The Morgan fingerprint density at radius 3 is 2.86 bits per heavy atom. The molecule has 0 saturated carbocycles. The first-order valence-electron chi connectivity index (χ1n) is 7.55. The maximum absolute atomic E-state index is 11.9. The fourth-order valence-corrected chi connectivity index (χ4v) is 2.61. The van der Waals surface area contributed by atoms with Crippen molar-refractivity contribution in [3.63, 3.8) is 0 Å². The average Bonchev–Trinajstić information content (AvgIpc) is 2.94. The minimum atomic E-state index is -0.0631. The number of ether oxygens (including phenoxy) is 2. The van der Waals surface area contributed by atoms with Gasteiger partial charge in [0.05, 0.1) is 25.8 Å². The van der Waals surface area contributed by atoms with Crippen LogP contribution in [0.25, 0.3) is 0 Å². The lowest BCUT2D eigenvalue weighted by Gasteiger charge is -2.21. The second-order valence-corrected chi connectivity index (χ2v) is 5.37. The van der Waals surface area contributed by atoms with Crippen LogP contribution in [0.15, 0.2) is 30.3 Å². The van der Waals surface area contributed by atoms with Crippen molar-refractivity contribution in [1.29, 1.82) is 0 Å². The van der Waals surface area contributed by atoms with Crippen molar-refractivity contribution in [2.24, 2.45) is 0 Å². The number of benzene rings is 1. The number of methoxy groups -OCH3 is 1. The summed E-state index contributed by atoms with van der Waals surface area (Å²) in [5.41, 5.74) is 0. The van der Waals surface area contributed by atoms with Crippen LogP contribution >= 0.6 is 0 Å². The van der Waals surface area contributed by atoms with Gasteiger partial charge < -0.3 is 19.9 Å². The summed E-state index contributed by atoms with van der Waals surface area (Å²) in [6, 6.07) is 9.49. The summed E-state index contributed by atoms with van der Waals surface area (Å²) in [6.07, 6.45) is 0.851. The second kappa shape index (κ2) is 8.73. The summed E-state index contributed by atoms with van der Waals surface area (Å²) in [5, 5.41) is 12.2. The lowest BCUT2D eigenvalue weighted by Crippen LogP contribution is -2.42. The molecule has 0 radical (unpaired) electrons. The Morgan fingerprint density at radius 2 is 2.18 bits per heavy atom. The van der Waals surface area contributed by atoms with Crippen molar-refractivity contribution >= 4 is 5.91 Å². The number of rotatable bonds is 8. The lowest BCUT2D eigenvalue weighted by molar-refractivity contribution is -0.122. The molecule has 1 aliphatic rings. The van der Waals surface area contributed by atoms with E-state index in [1.807, 2.05) is 35.2 Å². The quantitative estimate of drug-likeness (QED) is 0.674. The average molecular weight is 308 g/mol. The van der Waals surface area contributed by atoms with E-state index in [-0.39, 0.29) is 31.2 Å².